The number of hydrogen-bond donors (Lipinski definition) is 1. The fourth-order valence-corrected chi connectivity index (χ4v) is 3.17. The second-order valence-electron chi connectivity index (χ2n) is 5.83. The maximum Gasteiger partial charge on any atom is 0.129 e. The Labute approximate surface area is 133 Å². The van der Waals surface area contributed by atoms with Crippen molar-refractivity contribution in [3.63, 3.8) is 0 Å². The summed E-state index contributed by atoms with van der Waals surface area (Å²) in [5.74, 6) is 0.797. The van der Waals surface area contributed by atoms with Crippen molar-refractivity contribution in [2.24, 2.45) is 5.73 Å². The van der Waals surface area contributed by atoms with E-state index in [-0.39, 0.29) is 0 Å². The third-order valence-electron chi connectivity index (χ3n) is 4.26. The van der Waals surface area contributed by atoms with E-state index in [1.165, 1.54) is 32.1 Å². The van der Waals surface area contributed by atoms with Crippen LogP contribution >= 0.6 is 12.2 Å². The largest absolute Gasteiger partial charge is 0.493 e. The summed E-state index contributed by atoms with van der Waals surface area (Å²) in [4.78, 5) is 2.88. The van der Waals surface area contributed by atoms with Gasteiger partial charge >= 0.3 is 0 Å². The normalized spacial score (nSPS) is 16.1. The highest BCUT2D eigenvalue weighted by molar-refractivity contribution is 7.80. The van der Waals surface area contributed by atoms with E-state index in [1.807, 2.05) is 24.3 Å². The van der Waals surface area contributed by atoms with Crippen molar-refractivity contribution in [1.82, 2.24) is 4.90 Å². The second-order valence-corrected chi connectivity index (χ2v) is 6.27. The van der Waals surface area contributed by atoms with Crippen molar-refractivity contribution in [2.45, 2.75) is 44.6 Å². The van der Waals surface area contributed by atoms with E-state index in [1.54, 1.807) is 0 Å². The number of nitrogens with two attached hydrogens (primary N) is 1. The van der Waals surface area contributed by atoms with Gasteiger partial charge in [0.15, 0.2) is 0 Å². The molecule has 0 heterocycles. The zero-order chi connectivity index (χ0) is 15.1. The van der Waals surface area contributed by atoms with Gasteiger partial charge in [-0.1, -0.05) is 43.6 Å². The van der Waals surface area contributed by atoms with Gasteiger partial charge in [0.2, 0.25) is 0 Å². The summed E-state index contributed by atoms with van der Waals surface area (Å²) in [5.41, 5.74) is 6.53. The minimum absolute atomic E-state index is 0.393. The van der Waals surface area contributed by atoms with Crippen LogP contribution in [0, 0.1) is 0 Å². The molecule has 1 saturated carbocycles. The monoisotopic (exact) mass is 306 g/mol. The van der Waals surface area contributed by atoms with E-state index in [9.17, 15) is 0 Å². The Kier molecular flexibility index (Phi) is 6.46. The maximum atomic E-state index is 5.84. The van der Waals surface area contributed by atoms with E-state index < -0.39 is 0 Å². The molecule has 1 aromatic rings. The summed E-state index contributed by atoms with van der Waals surface area (Å²) in [6, 6.07) is 8.48. The molecule has 4 heteroatoms. The van der Waals surface area contributed by atoms with Gasteiger partial charge in [-0.2, -0.15) is 0 Å². The van der Waals surface area contributed by atoms with Gasteiger partial charge in [-0.3, -0.25) is 0 Å². The first kappa shape index (κ1) is 16.2. The molecule has 0 unspecified atom stereocenters. The predicted octanol–water partition coefficient (Wildman–Crippen LogP) is 3.35. The molecule has 116 valence electrons. The Hall–Kier alpha value is -1.13. The number of hydrogen-bond acceptors (Lipinski definition) is 3. The molecule has 0 saturated heterocycles. The van der Waals surface area contributed by atoms with Gasteiger partial charge in [0.25, 0.3) is 0 Å². The zero-order valence-electron chi connectivity index (χ0n) is 12.9. The van der Waals surface area contributed by atoms with Crippen molar-refractivity contribution in [3.8, 4) is 5.75 Å². The standard InChI is InChI=1S/C17H26N2OS/c1-19(14-8-3-2-4-9-14)12-7-13-20-16-11-6-5-10-15(16)17(18)21/h5-6,10-11,14H,2-4,7-9,12-13H2,1H3,(H2,18,21). The number of ether oxygens (including phenoxy) is 1. The van der Waals surface area contributed by atoms with E-state index in [4.69, 9.17) is 22.7 Å². The van der Waals surface area contributed by atoms with Crippen molar-refractivity contribution in [3.05, 3.63) is 29.8 Å². The number of rotatable bonds is 7. The lowest BCUT2D eigenvalue weighted by Gasteiger charge is -2.31. The van der Waals surface area contributed by atoms with Crippen LogP contribution in [0.5, 0.6) is 5.75 Å². The topological polar surface area (TPSA) is 38.5 Å². The molecule has 0 aliphatic heterocycles. The quantitative estimate of drug-likeness (QED) is 0.619. The fourth-order valence-electron chi connectivity index (χ4n) is 3.00. The molecule has 0 bridgehead atoms. The average molecular weight is 306 g/mol. The van der Waals surface area contributed by atoms with Crippen LogP contribution in [-0.4, -0.2) is 36.1 Å². The highest BCUT2D eigenvalue weighted by atomic mass is 32.1. The van der Waals surface area contributed by atoms with Crippen LogP contribution in [0.3, 0.4) is 0 Å². The average Bonchev–Trinajstić information content (AvgIpc) is 2.52. The lowest BCUT2D eigenvalue weighted by atomic mass is 9.94. The second kappa shape index (κ2) is 8.35. The summed E-state index contributed by atoms with van der Waals surface area (Å²) in [6.07, 6.45) is 7.89. The zero-order valence-corrected chi connectivity index (χ0v) is 13.7. The highest BCUT2D eigenvalue weighted by Gasteiger charge is 2.17. The summed E-state index contributed by atoms with van der Waals surface area (Å²) in [6.45, 7) is 1.79. The molecule has 1 aliphatic rings. The van der Waals surface area contributed by atoms with Crippen molar-refractivity contribution < 1.29 is 4.74 Å². The molecular formula is C17H26N2OS. The van der Waals surface area contributed by atoms with Gasteiger partial charge in [0.1, 0.15) is 10.7 Å². The minimum atomic E-state index is 0.393. The Bertz CT molecular complexity index is 458. The Morgan fingerprint density at radius 1 is 1.29 bits per heavy atom. The molecule has 0 aromatic heterocycles. The van der Waals surface area contributed by atoms with Crippen LogP contribution in [0.1, 0.15) is 44.1 Å². The van der Waals surface area contributed by atoms with Crippen LogP contribution in [0.4, 0.5) is 0 Å². The summed E-state index contributed by atoms with van der Waals surface area (Å²) < 4.78 is 5.84. The number of nitrogens with zero attached hydrogens (tertiary/aromatic N) is 1. The molecule has 0 amide bonds. The smallest absolute Gasteiger partial charge is 0.129 e. The molecular weight excluding hydrogens is 280 g/mol. The fraction of sp³-hybridized carbons (Fsp3) is 0.588. The van der Waals surface area contributed by atoms with Crippen molar-refractivity contribution in [2.75, 3.05) is 20.2 Å². The molecule has 1 fully saturated rings. The van der Waals surface area contributed by atoms with Crippen LogP contribution in [0.15, 0.2) is 24.3 Å². The Morgan fingerprint density at radius 2 is 2.00 bits per heavy atom. The number of benzene rings is 1. The first-order valence-electron chi connectivity index (χ1n) is 7.90. The first-order chi connectivity index (χ1) is 10.2. The van der Waals surface area contributed by atoms with E-state index >= 15 is 0 Å². The van der Waals surface area contributed by atoms with E-state index in [0.717, 1.165) is 30.3 Å². The van der Waals surface area contributed by atoms with E-state index in [0.29, 0.717) is 11.6 Å². The molecule has 1 aliphatic carbocycles. The predicted molar refractivity (Wildman–Crippen MR) is 91.9 cm³/mol. The third kappa shape index (κ3) is 4.97. The van der Waals surface area contributed by atoms with Crippen LogP contribution in [0.25, 0.3) is 0 Å². The first-order valence-corrected chi connectivity index (χ1v) is 8.31. The van der Waals surface area contributed by atoms with Crippen molar-refractivity contribution >= 4 is 17.2 Å². The van der Waals surface area contributed by atoms with Gasteiger partial charge < -0.3 is 15.4 Å². The molecule has 0 atom stereocenters. The summed E-state index contributed by atoms with van der Waals surface area (Å²) in [7, 11) is 2.24. The van der Waals surface area contributed by atoms with Gasteiger partial charge in [0, 0.05) is 12.6 Å². The summed E-state index contributed by atoms with van der Waals surface area (Å²) >= 11 is 5.04. The van der Waals surface area contributed by atoms with Crippen LogP contribution < -0.4 is 10.5 Å². The minimum Gasteiger partial charge on any atom is -0.493 e. The third-order valence-corrected chi connectivity index (χ3v) is 4.48. The lowest BCUT2D eigenvalue weighted by Crippen LogP contribution is -2.34. The molecule has 2 N–H and O–H groups in total. The molecule has 2 rings (SSSR count). The molecule has 21 heavy (non-hydrogen) atoms. The number of thiocarbonyl (C=S) groups is 1. The SMILES string of the molecule is CN(CCCOc1ccccc1C(N)=S)C1CCCCC1. The van der Waals surface area contributed by atoms with Crippen LogP contribution in [-0.2, 0) is 0 Å². The Balaban J connectivity index is 1.73. The Morgan fingerprint density at radius 3 is 2.71 bits per heavy atom. The molecule has 3 nitrogen and oxygen atoms in total. The van der Waals surface area contributed by atoms with Gasteiger partial charge in [0.05, 0.1) is 12.2 Å². The van der Waals surface area contributed by atoms with Gasteiger partial charge in [-0.15, -0.1) is 0 Å². The van der Waals surface area contributed by atoms with E-state index in [2.05, 4.69) is 11.9 Å². The molecule has 0 spiro atoms. The van der Waals surface area contributed by atoms with Gasteiger partial charge in [-0.25, -0.2) is 0 Å². The summed E-state index contributed by atoms with van der Waals surface area (Å²) in [5, 5.41) is 0. The maximum absolute atomic E-state index is 5.84. The lowest BCUT2D eigenvalue weighted by molar-refractivity contribution is 0.177. The number of para-hydroxylation sites is 1. The van der Waals surface area contributed by atoms with Gasteiger partial charge in [-0.05, 0) is 38.4 Å². The molecule has 0 radical (unpaired) electrons. The van der Waals surface area contributed by atoms with Crippen LogP contribution in [0.2, 0.25) is 0 Å². The highest BCUT2D eigenvalue weighted by Crippen LogP contribution is 2.22. The van der Waals surface area contributed by atoms with Crippen molar-refractivity contribution in [1.29, 1.82) is 0 Å². The molecule has 1 aromatic carbocycles.